The zero-order valence-corrected chi connectivity index (χ0v) is 71.5. The first kappa shape index (κ1) is 92.4. The first-order chi connectivity index (χ1) is 58.3. The van der Waals surface area contributed by atoms with Gasteiger partial charge < -0.3 is 38.7 Å². The predicted octanol–water partition coefficient (Wildman–Crippen LogP) is 19.6. The summed E-state index contributed by atoms with van der Waals surface area (Å²) in [6.07, 6.45) is 16.5. The molecule has 22 nitrogen and oxygen atoms in total. The molecule has 4 unspecified atom stereocenters. The molecule has 4 heterocycles. The maximum absolute atomic E-state index is 13.3. The van der Waals surface area contributed by atoms with Crippen molar-refractivity contribution < 1.29 is 73.8 Å². The van der Waals surface area contributed by atoms with Crippen molar-refractivity contribution >= 4 is 30.1 Å². The molecule has 6 aromatic carbocycles. The third-order valence-electron chi connectivity index (χ3n) is 24.1. The molecule has 4 aliphatic carbocycles. The van der Waals surface area contributed by atoms with Gasteiger partial charge in [0.15, 0.2) is 20.0 Å². The van der Waals surface area contributed by atoms with Crippen molar-refractivity contribution in [1.29, 1.82) is 21.0 Å². The number of hydrogen-bond donors (Lipinski definition) is 3. The summed E-state index contributed by atoms with van der Waals surface area (Å²) in [5.74, 6) is 1.88. The van der Waals surface area contributed by atoms with E-state index in [1.54, 1.807) is 143 Å². The number of fused-ring (bicyclic) bond motifs is 2. The van der Waals surface area contributed by atoms with Gasteiger partial charge in [0.25, 0.3) is 11.1 Å². The van der Waals surface area contributed by atoms with Gasteiger partial charge in [0.1, 0.15) is 34.2 Å². The predicted molar refractivity (Wildman–Crippen MR) is 448 cm³/mol. The van der Waals surface area contributed by atoms with Crippen LogP contribution in [0, 0.1) is 69.0 Å². The fourth-order valence-electron chi connectivity index (χ4n) is 16.2. The minimum Gasteiger partial charge on any atom is -0.434 e. The van der Waals surface area contributed by atoms with Gasteiger partial charge in [0.05, 0.1) is 72.4 Å². The third kappa shape index (κ3) is 22.8. The normalized spacial score (nSPS) is 19.1. The van der Waals surface area contributed by atoms with E-state index in [-0.39, 0.29) is 107 Å². The second kappa shape index (κ2) is 39.5. The van der Waals surface area contributed by atoms with Crippen LogP contribution >= 0.6 is 0 Å². The number of ether oxygens (including phenoxy) is 4. The van der Waals surface area contributed by atoms with E-state index in [1.807, 2.05) is 36.4 Å². The van der Waals surface area contributed by atoms with Crippen molar-refractivity contribution in [3.05, 3.63) is 211 Å². The Balaban J connectivity index is 0.000000166. The summed E-state index contributed by atoms with van der Waals surface area (Å²) in [7, 11) is 1.27. The molecule has 4 aliphatic rings. The Morgan fingerprint density at radius 2 is 0.724 bits per heavy atom. The van der Waals surface area contributed by atoms with Crippen LogP contribution in [0.5, 0.6) is 23.0 Å². The molecule has 3 N–H and O–H groups in total. The van der Waals surface area contributed by atoms with Gasteiger partial charge >= 0.3 is 26.4 Å². The van der Waals surface area contributed by atoms with E-state index in [2.05, 4.69) is 82.8 Å². The van der Waals surface area contributed by atoms with Crippen molar-refractivity contribution in [1.82, 2.24) is 38.7 Å². The lowest BCUT2D eigenvalue weighted by Crippen LogP contribution is -2.40. The van der Waals surface area contributed by atoms with Gasteiger partial charge in [0.2, 0.25) is 0 Å². The Morgan fingerprint density at radius 1 is 0.431 bits per heavy atom. The number of alkyl halides is 8. The van der Waals surface area contributed by atoms with E-state index in [4.69, 9.17) is 29.2 Å². The summed E-state index contributed by atoms with van der Waals surface area (Å²) in [4.78, 5) is 43.2. The van der Waals surface area contributed by atoms with Crippen LogP contribution in [0.15, 0.2) is 144 Å². The smallest absolute Gasteiger partial charge is 0.387 e. The van der Waals surface area contributed by atoms with Crippen molar-refractivity contribution in [2.45, 2.75) is 231 Å². The fraction of sp³-hybridized carbons (Fsp3) is 0.457. The monoisotopic (exact) mass is 1710 g/mol. The van der Waals surface area contributed by atoms with Gasteiger partial charge in [0, 0.05) is 95.9 Å². The van der Waals surface area contributed by atoms with Crippen molar-refractivity contribution in [3.8, 4) is 69.5 Å². The average Bonchev–Trinajstić information content (AvgIpc) is 1.62. The van der Waals surface area contributed by atoms with Gasteiger partial charge in [-0.05, 0) is 253 Å². The van der Waals surface area contributed by atoms with Crippen LogP contribution in [-0.4, -0.2) is 88.7 Å². The Kier molecular flexibility index (Phi) is 29.6. The lowest BCUT2D eigenvalue weighted by molar-refractivity contribution is -0.0516. The molecule has 31 heteroatoms. The molecular weight excluding hydrogens is 1610 g/mol. The van der Waals surface area contributed by atoms with Crippen LogP contribution < -0.4 is 30.1 Å². The second-order valence-electron chi connectivity index (χ2n) is 34.5. The van der Waals surface area contributed by atoms with Crippen LogP contribution in [0.4, 0.5) is 35.1 Å². The molecule has 4 saturated carbocycles. The highest BCUT2D eigenvalue weighted by Crippen LogP contribution is 2.46. The molecule has 123 heavy (non-hydrogen) atoms. The highest BCUT2D eigenvalue weighted by molar-refractivity contribution is 6.74. The zero-order chi connectivity index (χ0) is 89.2. The number of halogens is 8. The lowest BCUT2D eigenvalue weighted by atomic mass is 9.94. The van der Waals surface area contributed by atoms with Crippen molar-refractivity contribution in [2.75, 3.05) is 0 Å². The second-order valence-corrected chi connectivity index (χ2v) is 39.3. The number of nitriles is 4. The fourth-order valence-corrected chi connectivity index (χ4v) is 17.2. The summed E-state index contributed by atoms with van der Waals surface area (Å²) in [6, 6.07) is 40.6. The summed E-state index contributed by atoms with van der Waals surface area (Å²) in [5, 5.41) is 67.1. The molecule has 0 bridgehead atoms. The minimum atomic E-state index is -2.99. The quantitative estimate of drug-likeness (QED) is 0.0374. The SMILES string of the molecule is CC(C)(C)[Si](C)(C)OCc1cc(C2CCC(C#N)C2)ccc1OC(F)F.Cn1c(=O)c2ccc(-c3cnc(C(C)(C)O)nc3)cc2n1Cc1cc([C@H]2CC[C@@H](C#N)C2)ccc1OC(F)F.Cn1c(=O)c2ccc(-c3cnc(C(C)(C)O)nc3)cc2n1Cc1cc([C@H]2CC[C@H](C#N)C2)ccc1OC(F)F.N#CC1CCC(c2ccc(OC(F)F)c(CO)c2)C1. The molecule has 0 saturated heterocycles. The highest BCUT2D eigenvalue weighted by atomic mass is 28.4. The first-order valence-corrected chi connectivity index (χ1v) is 43.8. The maximum Gasteiger partial charge on any atom is 0.387 e. The Bertz CT molecular complexity index is 5430. The number of hydrogen-bond acceptors (Lipinski definition) is 18. The van der Waals surface area contributed by atoms with Gasteiger partial charge in [-0.25, -0.2) is 19.9 Å². The van der Waals surface area contributed by atoms with Gasteiger partial charge in [-0.3, -0.25) is 28.3 Å². The number of nitrogens with zero attached hydrogens (tertiary/aromatic N) is 12. The number of aromatic nitrogens is 8. The Morgan fingerprint density at radius 3 is 1.00 bits per heavy atom. The van der Waals surface area contributed by atoms with Gasteiger partial charge in [-0.1, -0.05) is 57.2 Å². The van der Waals surface area contributed by atoms with Crippen LogP contribution in [0.25, 0.3) is 44.1 Å². The molecule has 0 spiro atoms. The van der Waals surface area contributed by atoms with E-state index >= 15 is 0 Å². The van der Waals surface area contributed by atoms with Crippen LogP contribution in [0.1, 0.15) is 205 Å². The Labute approximate surface area is 709 Å². The number of rotatable bonds is 24. The van der Waals surface area contributed by atoms with E-state index in [0.717, 1.165) is 110 Å². The van der Waals surface area contributed by atoms with Gasteiger partial charge in [-0.2, -0.15) is 56.2 Å². The molecular formula is C92H102F8N12O10Si. The lowest BCUT2D eigenvalue weighted by Gasteiger charge is -2.36. The van der Waals surface area contributed by atoms with E-state index in [9.17, 15) is 70.6 Å². The largest absolute Gasteiger partial charge is 0.434 e. The van der Waals surface area contributed by atoms with Crippen LogP contribution in [-0.2, 0) is 56.0 Å². The number of aliphatic hydroxyl groups excluding tert-OH is 1. The van der Waals surface area contributed by atoms with Gasteiger partial charge in [-0.15, -0.1) is 0 Å². The third-order valence-corrected chi connectivity index (χ3v) is 28.6. The average molecular weight is 1720 g/mol. The number of benzene rings is 6. The van der Waals surface area contributed by atoms with E-state index < -0.39 is 46.0 Å². The Hall–Kier alpha value is -11.3. The maximum atomic E-state index is 13.3. The van der Waals surface area contributed by atoms with E-state index in [0.29, 0.717) is 72.8 Å². The first-order valence-electron chi connectivity index (χ1n) is 40.9. The summed E-state index contributed by atoms with van der Waals surface area (Å²) >= 11 is 0. The summed E-state index contributed by atoms with van der Waals surface area (Å²) in [5.41, 5.74) is 7.41. The topological polar surface area (TPSA) is 307 Å². The van der Waals surface area contributed by atoms with Crippen LogP contribution in [0.3, 0.4) is 0 Å². The molecule has 0 amide bonds. The summed E-state index contributed by atoms with van der Waals surface area (Å²) in [6.45, 7) is 5.55. The summed E-state index contributed by atoms with van der Waals surface area (Å²) < 4.78 is 134. The van der Waals surface area contributed by atoms with Crippen molar-refractivity contribution in [2.24, 2.45) is 37.8 Å². The zero-order valence-electron chi connectivity index (χ0n) is 70.5. The molecule has 0 radical (unpaired) electrons. The molecule has 650 valence electrons. The van der Waals surface area contributed by atoms with E-state index in [1.165, 1.54) is 15.4 Å². The number of aliphatic hydroxyl groups is 3. The molecule has 0 aliphatic heterocycles. The molecule has 14 rings (SSSR count). The molecule has 4 aromatic heterocycles. The molecule has 4 fully saturated rings. The van der Waals surface area contributed by atoms with Crippen LogP contribution in [0.2, 0.25) is 18.1 Å². The highest BCUT2D eigenvalue weighted by Gasteiger charge is 2.38. The minimum absolute atomic E-state index is 0.00966. The molecule has 8 atom stereocenters. The van der Waals surface area contributed by atoms with Crippen molar-refractivity contribution in [3.63, 3.8) is 0 Å². The standard InChI is InChI=1S/2C29H29F2N5O3.C20H29F2NO2Si.C14H15F2NO2/c2*1-29(2,38)27-33-14-22(15-34-27)20-6-8-23-24(12-20)36(35(3)26(23)37)16-21-11-19(7-9-25(21)39-28(30)31)18-5-4-17(10-18)13-32;1-20(2,3)26(4,5)24-13-17-11-16(8-9-18(17)25-19(21)22)15-7-6-14(10-15)12-23;15-14(16)19-13-4-3-11(6-12(13)8-18)10-2-1-9(5-10)7-17/h2*6-9,11-12,14-15,17-18,28,38H,4-5,10,16H2,1-3H3;8-9,11,14-15,19H,6-7,10,13H2,1-5H3;3-4,6,9-10,14,18H,1-2,5,8H2/t17-,18+;17-,18-;;/m10../s1. The molecule has 10 aromatic rings.